The smallest absolute Gasteiger partial charge is 0.238 e. The van der Waals surface area contributed by atoms with E-state index in [2.05, 4.69) is 10.6 Å². The highest BCUT2D eigenvalue weighted by molar-refractivity contribution is 6.33. The molecule has 0 bridgehead atoms. The van der Waals surface area contributed by atoms with Gasteiger partial charge in [0.05, 0.1) is 17.3 Å². The summed E-state index contributed by atoms with van der Waals surface area (Å²) in [5, 5.41) is 7.16. The second-order valence-electron chi connectivity index (χ2n) is 5.16. The molecule has 2 rings (SSSR count). The number of carbonyl (C=O) groups excluding carboxylic acids is 1. The van der Waals surface area contributed by atoms with Crippen LogP contribution in [0, 0.1) is 6.92 Å². The van der Waals surface area contributed by atoms with Crippen LogP contribution in [0.1, 0.15) is 24.1 Å². The Bertz CT molecular complexity index is 673. The summed E-state index contributed by atoms with van der Waals surface area (Å²) in [5.41, 5.74) is 2.63. The molecule has 2 aromatic carbocycles. The van der Waals surface area contributed by atoms with Gasteiger partial charge in [0.15, 0.2) is 0 Å². The number of hydrogen-bond acceptors (Lipinski definition) is 2. The monoisotopic (exact) mass is 336 g/mol. The zero-order valence-corrected chi connectivity index (χ0v) is 14.0. The van der Waals surface area contributed by atoms with Crippen LogP contribution in [0.5, 0.6) is 0 Å². The van der Waals surface area contributed by atoms with Gasteiger partial charge in [-0.05, 0) is 43.2 Å². The molecule has 2 aromatic rings. The predicted molar refractivity (Wildman–Crippen MR) is 92.7 cm³/mol. The number of carbonyl (C=O) groups is 1. The first-order valence-corrected chi connectivity index (χ1v) is 7.77. The lowest BCUT2D eigenvalue weighted by Crippen LogP contribution is -2.30. The summed E-state index contributed by atoms with van der Waals surface area (Å²) < 4.78 is 0. The first-order valence-electron chi connectivity index (χ1n) is 7.01. The van der Waals surface area contributed by atoms with Crippen molar-refractivity contribution in [3.8, 4) is 0 Å². The summed E-state index contributed by atoms with van der Waals surface area (Å²) in [5.74, 6) is -0.148. The molecule has 0 saturated heterocycles. The van der Waals surface area contributed by atoms with Gasteiger partial charge < -0.3 is 10.6 Å². The molecule has 22 heavy (non-hydrogen) atoms. The Morgan fingerprint density at radius 3 is 2.55 bits per heavy atom. The Balaban J connectivity index is 1.91. The standard InChI is InChI=1S/C17H18Cl2N2O/c1-11-7-8-16(15(19)9-11)21-17(22)10-20-12(2)13-5-3-4-6-14(13)18/h3-9,12,20H,10H2,1-2H3,(H,21,22). The Hall–Kier alpha value is -1.55. The van der Waals surface area contributed by atoms with Crippen LogP contribution in [-0.4, -0.2) is 12.5 Å². The number of rotatable bonds is 5. The third-order valence-electron chi connectivity index (χ3n) is 3.34. The molecule has 0 aliphatic heterocycles. The van der Waals surface area contributed by atoms with E-state index in [9.17, 15) is 4.79 Å². The fraction of sp³-hybridized carbons (Fsp3) is 0.235. The highest BCUT2D eigenvalue weighted by Gasteiger charge is 2.11. The first kappa shape index (κ1) is 16.8. The lowest BCUT2D eigenvalue weighted by Gasteiger charge is -2.15. The van der Waals surface area contributed by atoms with Crippen LogP contribution in [-0.2, 0) is 4.79 Å². The van der Waals surface area contributed by atoms with Gasteiger partial charge in [-0.15, -0.1) is 0 Å². The molecular formula is C17H18Cl2N2O. The molecule has 0 saturated carbocycles. The number of anilines is 1. The van der Waals surface area contributed by atoms with Crippen molar-refractivity contribution in [2.45, 2.75) is 19.9 Å². The van der Waals surface area contributed by atoms with Crippen molar-refractivity contribution in [1.82, 2.24) is 5.32 Å². The van der Waals surface area contributed by atoms with Crippen molar-refractivity contribution in [3.63, 3.8) is 0 Å². The molecule has 1 unspecified atom stereocenters. The Labute approximate surface area is 140 Å². The lowest BCUT2D eigenvalue weighted by atomic mass is 10.1. The highest BCUT2D eigenvalue weighted by Crippen LogP contribution is 2.23. The summed E-state index contributed by atoms with van der Waals surface area (Å²) >= 11 is 12.2. The molecule has 0 radical (unpaired) electrons. The van der Waals surface area contributed by atoms with Gasteiger partial charge in [0, 0.05) is 11.1 Å². The minimum Gasteiger partial charge on any atom is -0.324 e. The van der Waals surface area contributed by atoms with Crippen LogP contribution in [0.3, 0.4) is 0 Å². The predicted octanol–water partition coefficient (Wildman–Crippen LogP) is 4.59. The zero-order chi connectivity index (χ0) is 16.1. The van der Waals surface area contributed by atoms with E-state index in [1.54, 1.807) is 6.07 Å². The normalized spacial score (nSPS) is 12.0. The number of benzene rings is 2. The summed E-state index contributed by atoms with van der Waals surface area (Å²) in [6, 6.07) is 13.1. The van der Waals surface area contributed by atoms with Crippen molar-refractivity contribution in [2.75, 3.05) is 11.9 Å². The molecule has 0 aliphatic carbocycles. The average molecular weight is 337 g/mol. The van der Waals surface area contributed by atoms with Crippen LogP contribution < -0.4 is 10.6 Å². The van der Waals surface area contributed by atoms with Crippen LogP contribution in [0.25, 0.3) is 0 Å². The van der Waals surface area contributed by atoms with E-state index in [1.807, 2.05) is 50.2 Å². The fourth-order valence-electron chi connectivity index (χ4n) is 2.10. The van der Waals surface area contributed by atoms with Gasteiger partial charge >= 0.3 is 0 Å². The maximum atomic E-state index is 12.0. The topological polar surface area (TPSA) is 41.1 Å². The summed E-state index contributed by atoms with van der Waals surface area (Å²) in [6.45, 7) is 4.09. The molecule has 3 nitrogen and oxygen atoms in total. The van der Waals surface area contributed by atoms with Gasteiger partial charge in [-0.3, -0.25) is 4.79 Å². The van der Waals surface area contributed by atoms with E-state index in [-0.39, 0.29) is 18.5 Å². The lowest BCUT2D eigenvalue weighted by molar-refractivity contribution is -0.115. The number of amides is 1. The third-order valence-corrected chi connectivity index (χ3v) is 4.00. The van der Waals surface area contributed by atoms with Gasteiger partial charge in [-0.2, -0.15) is 0 Å². The molecule has 0 heterocycles. The van der Waals surface area contributed by atoms with Crippen molar-refractivity contribution in [3.05, 3.63) is 63.6 Å². The number of halogens is 2. The molecule has 0 fully saturated rings. The number of nitrogens with one attached hydrogen (secondary N) is 2. The Kier molecular flexibility index (Phi) is 5.83. The number of aryl methyl sites for hydroxylation is 1. The Morgan fingerprint density at radius 2 is 1.86 bits per heavy atom. The molecule has 2 N–H and O–H groups in total. The van der Waals surface area contributed by atoms with Crippen LogP contribution in [0.2, 0.25) is 10.0 Å². The second kappa shape index (κ2) is 7.63. The first-order chi connectivity index (χ1) is 10.5. The van der Waals surface area contributed by atoms with Gasteiger partial charge in [0.1, 0.15) is 0 Å². The van der Waals surface area contributed by atoms with Crippen molar-refractivity contribution >= 4 is 34.8 Å². The molecule has 116 valence electrons. The summed E-state index contributed by atoms with van der Waals surface area (Å²) in [6.07, 6.45) is 0. The average Bonchev–Trinajstić information content (AvgIpc) is 2.48. The van der Waals surface area contributed by atoms with E-state index in [0.29, 0.717) is 15.7 Å². The van der Waals surface area contributed by atoms with Crippen molar-refractivity contribution in [1.29, 1.82) is 0 Å². The largest absolute Gasteiger partial charge is 0.324 e. The van der Waals surface area contributed by atoms with E-state index in [0.717, 1.165) is 11.1 Å². The van der Waals surface area contributed by atoms with Crippen LogP contribution in [0.15, 0.2) is 42.5 Å². The molecule has 1 atom stereocenters. The maximum Gasteiger partial charge on any atom is 0.238 e. The molecule has 0 spiro atoms. The van der Waals surface area contributed by atoms with E-state index >= 15 is 0 Å². The summed E-state index contributed by atoms with van der Waals surface area (Å²) in [4.78, 5) is 12.0. The van der Waals surface area contributed by atoms with Gasteiger partial charge in [-0.25, -0.2) is 0 Å². The van der Waals surface area contributed by atoms with E-state index in [4.69, 9.17) is 23.2 Å². The van der Waals surface area contributed by atoms with Gasteiger partial charge in [0.25, 0.3) is 0 Å². The van der Waals surface area contributed by atoms with Crippen molar-refractivity contribution < 1.29 is 4.79 Å². The van der Waals surface area contributed by atoms with Gasteiger partial charge in [-0.1, -0.05) is 47.5 Å². The maximum absolute atomic E-state index is 12.0. The fourth-order valence-corrected chi connectivity index (χ4v) is 2.68. The van der Waals surface area contributed by atoms with E-state index in [1.165, 1.54) is 0 Å². The SMILES string of the molecule is Cc1ccc(NC(=O)CNC(C)c2ccccc2Cl)c(Cl)c1. The molecule has 0 aromatic heterocycles. The molecule has 0 aliphatic rings. The van der Waals surface area contributed by atoms with Crippen LogP contribution >= 0.6 is 23.2 Å². The molecular weight excluding hydrogens is 319 g/mol. The minimum absolute atomic E-state index is 0.0204. The summed E-state index contributed by atoms with van der Waals surface area (Å²) in [7, 11) is 0. The minimum atomic E-state index is -0.148. The van der Waals surface area contributed by atoms with Crippen molar-refractivity contribution in [2.24, 2.45) is 0 Å². The quantitative estimate of drug-likeness (QED) is 0.838. The highest BCUT2D eigenvalue weighted by atomic mass is 35.5. The molecule has 5 heteroatoms. The molecule has 1 amide bonds. The van der Waals surface area contributed by atoms with E-state index < -0.39 is 0 Å². The third kappa shape index (κ3) is 4.47. The van der Waals surface area contributed by atoms with Gasteiger partial charge in [0.2, 0.25) is 5.91 Å². The Morgan fingerprint density at radius 1 is 1.14 bits per heavy atom. The zero-order valence-electron chi connectivity index (χ0n) is 12.5. The number of hydrogen-bond donors (Lipinski definition) is 2. The second-order valence-corrected chi connectivity index (χ2v) is 5.97. The van der Waals surface area contributed by atoms with Crippen LogP contribution in [0.4, 0.5) is 5.69 Å².